The van der Waals surface area contributed by atoms with E-state index < -0.39 is 0 Å². The van der Waals surface area contributed by atoms with E-state index in [4.69, 9.17) is 11.6 Å². The number of thiophene rings is 1. The molecular formula is C11H12ClN3S. The van der Waals surface area contributed by atoms with E-state index >= 15 is 0 Å². The number of aromatic nitrogens is 2. The SMILES string of the molecule is Clc1ccsc1CN1CCc2[nH]ncc2C1. The van der Waals surface area contributed by atoms with E-state index in [2.05, 4.69) is 15.1 Å². The summed E-state index contributed by atoms with van der Waals surface area (Å²) in [6, 6.07) is 1.97. The van der Waals surface area contributed by atoms with Crippen LogP contribution >= 0.6 is 22.9 Å². The monoisotopic (exact) mass is 253 g/mol. The lowest BCUT2D eigenvalue weighted by molar-refractivity contribution is 0.247. The van der Waals surface area contributed by atoms with Gasteiger partial charge in [0.15, 0.2) is 0 Å². The summed E-state index contributed by atoms with van der Waals surface area (Å²) in [5, 5.41) is 10.1. The van der Waals surface area contributed by atoms with Crippen LogP contribution in [0.2, 0.25) is 5.02 Å². The lowest BCUT2D eigenvalue weighted by Crippen LogP contribution is -2.29. The van der Waals surface area contributed by atoms with Crippen LogP contribution in [0.25, 0.3) is 0 Å². The molecule has 0 atom stereocenters. The zero-order chi connectivity index (χ0) is 11.0. The molecule has 1 aliphatic rings. The third-order valence-electron chi connectivity index (χ3n) is 2.94. The van der Waals surface area contributed by atoms with E-state index in [9.17, 15) is 0 Å². The molecule has 2 aromatic heterocycles. The summed E-state index contributed by atoms with van der Waals surface area (Å²) in [7, 11) is 0. The van der Waals surface area contributed by atoms with Crippen LogP contribution in [0.4, 0.5) is 0 Å². The Kier molecular flexibility index (Phi) is 2.71. The van der Waals surface area contributed by atoms with E-state index in [0.29, 0.717) is 0 Å². The van der Waals surface area contributed by atoms with Crippen LogP contribution in [0.3, 0.4) is 0 Å². The Morgan fingerprint density at radius 3 is 3.31 bits per heavy atom. The van der Waals surface area contributed by atoms with Crippen molar-refractivity contribution in [1.29, 1.82) is 0 Å². The van der Waals surface area contributed by atoms with Crippen LogP contribution in [0.15, 0.2) is 17.6 Å². The molecule has 0 amide bonds. The van der Waals surface area contributed by atoms with Gasteiger partial charge in [0.1, 0.15) is 0 Å². The van der Waals surface area contributed by atoms with E-state index in [1.54, 1.807) is 11.3 Å². The van der Waals surface area contributed by atoms with Gasteiger partial charge in [-0.15, -0.1) is 11.3 Å². The maximum atomic E-state index is 6.10. The number of nitrogens with zero attached hydrogens (tertiary/aromatic N) is 2. The minimum Gasteiger partial charge on any atom is -0.293 e. The molecule has 16 heavy (non-hydrogen) atoms. The second kappa shape index (κ2) is 4.20. The summed E-state index contributed by atoms with van der Waals surface area (Å²) in [6.07, 6.45) is 2.98. The summed E-state index contributed by atoms with van der Waals surface area (Å²) in [6.45, 7) is 2.99. The molecule has 3 heterocycles. The molecule has 0 fully saturated rings. The maximum absolute atomic E-state index is 6.10. The molecule has 2 aromatic rings. The molecule has 0 bridgehead atoms. The Morgan fingerprint density at radius 1 is 1.56 bits per heavy atom. The van der Waals surface area contributed by atoms with E-state index in [1.165, 1.54) is 16.1 Å². The molecule has 0 saturated carbocycles. The molecule has 0 spiro atoms. The van der Waals surface area contributed by atoms with Gasteiger partial charge in [-0.1, -0.05) is 11.6 Å². The fourth-order valence-corrected chi connectivity index (χ4v) is 3.19. The van der Waals surface area contributed by atoms with Crippen LogP contribution in [0.5, 0.6) is 0 Å². The van der Waals surface area contributed by atoms with Crippen molar-refractivity contribution in [2.45, 2.75) is 19.5 Å². The summed E-state index contributed by atoms with van der Waals surface area (Å²) >= 11 is 7.83. The van der Waals surface area contributed by atoms with E-state index in [1.807, 2.05) is 17.6 Å². The first kappa shape index (κ1) is 10.3. The maximum Gasteiger partial charge on any atom is 0.0558 e. The van der Waals surface area contributed by atoms with Crippen LogP contribution in [-0.4, -0.2) is 21.6 Å². The average molecular weight is 254 g/mol. The van der Waals surface area contributed by atoms with Gasteiger partial charge in [-0.05, 0) is 11.4 Å². The smallest absolute Gasteiger partial charge is 0.0558 e. The molecule has 84 valence electrons. The molecule has 1 aliphatic heterocycles. The van der Waals surface area contributed by atoms with Crippen molar-refractivity contribution < 1.29 is 0 Å². The van der Waals surface area contributed by atoms with Crippen LogP contribution < -0.4 is 0 Å². The van der Waals surface area contributed by atoms with Gasteiger partial charge >= 0.3 is 0 Å². The Labute approximate surface area is 103 Å². The quantitative estimate of drug-likeness (QED) is 0.893. The van der Waals surface area contributed by atoms with Crippen LogP contribution in [-0.2, 0) is 19.5 Å². The highest BCUT2D eigenvalue weighted by Gasteiger charge is 2.18. The van der Waals surface area contributed by atoms with Gasteiger partial charge < -0.3 is 0 Å². The van der Waals surface area contributed by atoms with E-state index in [-0.39, 0.29) is 0 Å². The zero-order valence-corrected chi connectivity index (χ0v) is 10.3. The number of fused-ring (bicyclic) bond motifs is 1. The average Bonchev–Trinajstić information content (AvgIpc) is 2.88. The predicted molar refractivity (Wildman–Crippen MR) is 65.7 cm³/mol. The molecule has 0 aromatic carbocycles. The Balaban J connectivity index is 1.73. The summed E-state index contributed by atoms with van der Waals surface area (Å²) < 4.78 is 0. The van der Waals surface area contributed by atoms with Crippen LogP contribution in [0, 0.1) is 0 Å². The van der Waals surface area contributed by atoms with E-state index in [0.717, 1.165) is 31.1 Å². The highest BCUT2D eigenvalue weighted by Crippen LogP contribution is 2.26. The highest BCUT2D eigenvalue weighted by molar-refractivity contribution is 7.10. The number of hydrogen-bond acceptors (Lipinski definition) is 3. The molecule has 1 N–H and O–H groups in total. The van der Waals surface area contributed by atoms with Gasteiger partial charge in [0.2, 0.25) is 0 Å². The van der Waals surface area contributed by atoms with Crippen molar-refractivity contribution in [3.8, 4) is 0 Å². The van der Waals surface area contributed by atoms with Crippen molar-refractivity contribution in [1.82, 2.24) is 15.1 Å². The minimum absolute atomic E-state index is 0.892. The first-order valence-electron chi connectivity index (χ1n) is 5.28. The third-order valence-corrected chi connectivity index (χ3v) is 4.31. The second-order valence-electron chi connectivity index (χ2n) is 4.03. The zero-order valence-electron chi connectivity index (χ0n) is 8.74. The van der Waals surface area contributed by atoms with Gasteiger partial charge in [0.05, 0.1) is 11.2 Å². The summed E-state index contributed by atoms with van der Waals surface area (Å²) in [4.78, 5) is 3.67. The number of aromatic amines is 1. The second-order valence-corrected chi connectivity index (χ2v) is 5.43. The van der Waals surface area contributed by atoms with Crippen molar-refractivity contribution in [3.05, 3.63) is 38.8 Å². The largest absolute Gasteiger partial charge is 0.293 e. The van der Waals surface area contributed by atoms with Crippen LogP contribution in [0.1, 0.15) is 16.1 Å². The molecule has 0 saturated heterocycles. The molecule has 5 heteroatoms. The number of halogens is 1. The third kappa shape index (κ3) is 1.88. The van der Waals surface area contributed by atoms with Gasteiger partial charge in [0, 0.05) is 42.2 Å². The topological polar surface area (TPSA) is 31.9 Å². The molecular weight excluding hydrogens is 242 g/mol. The number of hydrogen-bond donors (Lipinski definition) is 1. The summed E-state index contributed by atoms with van der Waals surface area (Å²) in [5.41, 5.74) is 2.60. The van der Waals surface area contributed by atoms with Crippen molar-refractivity contribution in [2.24, 2.45) is 0 Å². The van der Waals surface area contributed by atoms with Crippen molar-refractivity contribution >= 4 is 22.9 Å². The lowest BCUT2D eigenvalue weighted by atomic mass is 10.1. The molecule has 0 radical (unpaired) electrons. The normalized spacial score (nSPS) is 16.3. The number of rotatable bonds is 2. The minimum atomic E-state index is 0.892. The molecule has 3 nitrogen and oxygen atoms in total. The lowest BCUT2D eigenvalue weighted by Gasteiger charge is -2.25. The Hall–Kier alpha value is -0.840. The molecule has 3 rings (SSSR count). The Bertz CT molecular complexity index is 491. The Morgan fingerprint density at radius 2 is 2.50 bits per heavy atom. The fourth-order valence-electron chi connectivity index (χ4n) is 2.06. The van der Waals surface area contributed by atoms with Crippen molar-refractivity contribution in [2.75, 3.05) is 6.54 Å². The highest BCUT2D eigenvalue weighted by atomic mass is 35.5. The first-order chi connectivity index (χ1) is 7.83. The predicted octanol–water partition coefficient (Wildman–Crippen LogP) is 2.68. The first-order valence-corrected chi connectivity index (χ1v) is 6.54. The van der Waals surface area contributed by atoms with Gasteiger partial charge in [-0.2, -0.15) is 5.10 Å². The van der Waals surface area contributed by atoms with Crippen molar-refractivity contribution in [3.63, 3.8) is 0 Å². The number of nitrogens with one attached hydrogen (secondary N) is 1. The van der Waals surface area contributed by atoms with Gasteiger partial charge in [0.25, 0.3) is 0 Å². The molecule has 0 aliphatic carbocycles. The van der Waals surface area contributed by atoms with Gasteiger partial charge in [-0.25, -0.2) is 0 Å². The standard InChI is InChI=1S/C11H12ClN3S/c12-9-2-4-16-11(9)7-15-3-1-10-8(6-15)5-13-14-10/h2,4-5H,1,3,6-7H2,(H,13,14). The summed E-state index contributed by atoms with van der Waals surface area (Å²) in [5.74, 6) is 0. The fraction of sp³-hybridized carbons (Fsp3) is 0.364. The van der Waals surface area contributed by atoms with Gasteiger partial charge in [-0.3, -0.25) is 10.00 Å². The molecule has 0 unspecified atom stereocenters. The number of H-pyrrole nitrogens is 1.